The molecule has 0 atom stereocenters. The zero-order chi connectivity index (χ0) is 17.8. The van der Waals surface area contributed by atoms with Crippen LogP contribution >= 0.6 is 11.6 Å². The van der Waals surface area contributed by atoms with Crippen LogP contribution in [0.3, 0.4) is 0 Å². The molecule has 2 aromatic carbocycles. The zero-order valence-corrected chi connectivity index (χ0v) is 15.7. The Kier molecular flexibility index (Phi) is 6.04. The van der Waals surface area contributed by atoms with Crippen molar-refractivity contribution in [2.45, 2.75) is 44.3 Å². The highest BCUT2D eigenvalue weighted by atomic mass is 35.5. The maximum Gasteiger partial charge on any atom is 0.241 e. The van der Waals surface area contributed by atoms with Gasteiger partial charge in [-0.25, -0.2) is 13.1 Å². The highest BCUT2D eigenvalue weighted by Crippen LogP contribution is 2.18. The van der Waals surface area contributed by atoms with Crippen molar-refractivity contribution in [3.63, 3.8) is 0 Å². The molecule has 0 aliphatic heterocycles. The summed E-state index contributed by atoms with van der Waals surface area (Å²) in [5.41, 5.74) is 1.30. The van der Waals surface area contributed by atoms with E-state index in [2.05, 4.69) is 10.0 Å². The van der Waals surface area contributed by atoms with Gasteiger partial charge in [-0.1, -0.05) is 41.9 Å². The van der Waals surface area contributed by atoms with Crippen molar-refractivity contribution >= 4 is 21.6 Å². The number of rotatable bonds is 6. The minimum absolute atomic E-state index is 0.309. The van der Waals surface area contributed by atoms with Crippen LogP contribution in [0.4, 0.5) is 0 Å². The van der Waals surface area contributed by atoms with Crippen LogP contribution in [0.2, 0.25) is 5.02 Å². The molecule has 0 saturated heterocycles. The van der Waals surface area contributed by atoms with Gasteiger partial charge in [-0.15, -0.1) is 0 Å². The quantitative estimate of drug-likeness (QED) is 0.819. The van der Waals surface area contributed by atoms with Gasteiger partial charge >= 0.3 is 0 Å². The summed E-state index contributed by atoms with van der Waals surface area (Å²) in [6, 6.07) is 14.6. The molecule has 6 heteroatoms. The summed E-state index contributed by atoms with van der Waals surface area (Å²) in [6.45, 7) is 6.58. The average molecular weight is 367 g/mol. The molecule has 24 heavy (non-hydrogen) atoms. The molecule has 0 unspecified atom stereocenters. The number of hydrogen-bond acceptors (Lipinski definition) is 3. The Morgan fingerprint density at radius 2 is 1.58 bits per heavy atom. The second-order valence-corrected chi connectivity index (χ2v) is 8.78. The Morgan fingerprint density at radius 3 is 2.21 bits per heavy atom. The van der Waals surface area contributed by atoms with Gasteiger partial charge in [0.05, 0.1) is 4.90 Å². The van der Waals surface area contributed by atoms with Crippen LogP contribution in [0, 0.1) is 0 Å². The number of sulfonamides is 1. The number of hydrogen-bond donors (Lipinski definition) is 2. The first kappa shape index (κ1) is 18.9. The molecule has 0 fully saturated rings. The molecule has 0 saturated carbocycles. The van der Waals surface area contributed by atoms with Crippen molar-refractivity contribution in [2.24, 2.45) is 0 Å². The van der Waals surface area contributed by atoms with Crippen molar-refractivity contribution in [3.05, 3.63) is 64.7 Å². The Labute approximate surface area is 149 Å². The van der Waals surface area contributed by atoms with E-state index in [1.165, 1.54) is 0 Å². The van der Waals surface area contributed by atoms with Gasteiger partial charge in [0.15, 0.2) is 0 Å². The highest BCUT2D eigenvalue weighted by molar-refractivity contribution is 7.89. The predicted octanol–water partition coefficient (Wildman–Crippen LogP) is 3.71. The number of nitrogens with one attached hydrogen (secondary N) is 2. The first-order valence-electron chi connectivity index (χ1n) is 7.74. The molecule has 0 amide bonds. The lowest BCUT2D eigenvalue weighted by Crippen LogP contribution is -2.40. The predicted molar refractivity (Wildman–Crippen MR) is 98.5 cm³/mol. The second-order valence-electron chi connectivity index (χ2n) is 6.69. The van der Waals surface area contributed by atoms with E-state index < -0.39 is 15.6 Å². The molecule has 4 nitrogen and oxygen atoms in total. The minimum Gasteiger partial charge on any atom is -0.309 e. The van der Waals surface area contributed by atoms with Gasteiger partial charge in [0, 0.05) is 23.7 Å². The van der Waals surface area contributed by atoms with Gasteiger partial charge in [-0.3, -0.25) is 0 Å². The molecule has 2 rings (SSSR count). The lowest BCUT2D eigenvalue weighted by Gasteiger charge is -2.21. The third kappa shape index (κ3) is 5.60. The van der Waals surface area contributed by atoms with Gasteiger partial charge in [-0.05, 0) is 50.1 Å². The first-order chi connectivity index (χ1) is 11.2. The number of halogens is 1. The maximum absolute atomic E-state index is 12.6. The summed E-state index contributed by atoms with van der Waals surface area (Å²) in [6.07, 6.45) is 0. The summed E-state index contributed by atoms with van der Waals surface area (Å²) in [5, 5.41) is 3.98. The smallest absolute Gasteiger partial charge is 0.241 e. The van der Waals surface area contributed by atoms with Crippen molar-refractivity contribution in [3.8, 4) is 0 Å². The second kappa shape index (κ2) is 7.66. The van der Waals surface area contributed by atoms with Crippen LogP contribution in [0.1, 0.15) is 31.9 Å². The lowest BCUT2D eigenvalue weighted by molar-refractivity contribution is 0.490. The largest absolute Gasteiger partial charge is 0.309 e. The van der Waals surface area contributed by atoms with Crippen LogP contribution in [-0.4, -0.2) is 14.0 Å². The fraction of sp³-hybridized carbons (Fsp3) is 0.333. The van der Waals surface area contributed by atoms with Crippen molar-refractivity contribution < 1.29 is 8.42 Å². The summed E-state index contributed by atoms with van der Waals surface area (Å²) in [4.78, 5) is 0.309. The van der Waals surface area contributed by atoms with Crippen LogP contribution in [0.15, 0.2) is 53.4 Å². The Hall–Kier alpha value is -1.40. The molecule has 130 valence electrons. The van der Waals surface area contributed by atoms with Crippen LogP contribution in [0.5, 0.6) is 0 Å². The lowest BCUT2D eigenvalue weighted by atomic mass is 10.1. The van der Waals surface area contributed by atoms with Gasteiger partial charge in [-0.2, -0.15) is 0 Å². The Morgan fingerprint density at radius 1 is 0.958 bits per heavy atom. The van der Waals surface area contributed by atoms with E-state index in [0.717, 1.165) is 11.1 Å². The van der Waals surface area contributed by atoms with E-state index in [0.29, 0.717) is 23.0 Å². The first-order valence-corrected chi connectivity index (χ1v) is 9.60. The topological polar surface area (TPSA) is 58.2 Å². The van der Waals surface area contributed by atoms with Gasteiger partial charge in [0.25, 0.3) is 0 Å². The number of benzene rings is 2. The Balaban J connectivity index is 2.10. The summed E-state index contributed by atoms with van der Waals surface area (Å²) in [7, 11) is -3.56. The Bertz CT molecular complexity index is 781. The minimum atomic E-state index is -3.56. The third-order valence-electron chi connectivity index (χ3n) is 3.26. The molecule has 2 N–H and O–H groups in total. The molecule has 0 spiro atoms. The molecular weight excluding hydrogens is 344 g/mol. The fourth-order valence-electron chi connectivity index (χ4n) is 2.31. The van der Waals surface area contributed by atoms with E-state index in [-0.39, 0.29) is 0 Å². The van der Waals surface area contributed by atoms with E-state index >= 15 is 0 Å². The van der Waals surface area contributed by atoms with Gasteiger partial charge < -0.3 is 5.32 Å². The van der Waals surface area contributed by atoms with E-state index in [1.807, 2.05) is 57.2 Å². The maximum atomic E-state index is 12.6. The highest BCUT2D eigenvalue weighted by Gasteiger charge is 2.23. The molecule has 0 aromatic heterocycles. The van der Waals surface area contributed by atoms with Crippen molar-refractivity contribution in [1.29, 1.82) is 0 Å². The van der Waals surface area contributed by atoms with Crippen LogP contribution in [-0.2, 0) is 23.1 Å². The summed E-state index contributed by atoms with van der Waals surface area (Å²) in [5.74, 6) is 0. The molecule has 0 bridgehead atoms. The van der Waals surface area contributed by atoms with Crippen LogP contribution in [0.25, 0.3) is 0 Å². The monoisotopic (exact) mass is 366 g/mol. The van der Waals surface area contributed by atoms with E-state index in [1.54, 1.807) is 12.1 Å². The molecule has 0 aliphatic carbocycles. The van der Waals surface area contributed by atoms with Crippen molar-refractivity contribution in [2.75, 3.05) is 0 Å². The van der Waals surface area contributed by atoms with E-state index in [4.69, 9.17) is 11.6 Å². The summed E-state index contributed by atoms with van der Waals surface area (Å²) >= 11 is 5.87. The molecular formula is C18H23ClN2O2S. The average Bonchev–Trinajstić information content (AvgIpc) is 2.47. The summed E-state index contributed by atoms with van der Waals surface area (Å²) < 4.78 is 27.9. The van der Waals surface area contributed by atoms with Gasteiger partial charge in [0.2, 0.25) is 10.0 Å². The van der Waals surface area contributed by atoms with Crippen molar-refractivity contribution in [1.82, 2.24) is 10.0 Å². The zero-order valence-electron chi connectivity index (χ0n) is 14.1. The molecule has 0 heterocycles. The third-order valence-corrected chi connectivity index (χ3v) is 5.37. The van der Waals surface area contributed by atoms with Crippen LogP contribution < -0.4 is 10.0 Å². The SMILES string of the molecule is CC(C)(C)NS(=O)(=O)c1ccccc1CNCc1ccc(Cl)cc1. The van der Waals surface area contributed by atoms with E-state index in [9.17, 15) is 8.42 Å². The van der Waals surface area contributed by atoms with Gasteiger partial charge in [0.1, 0.15) is 0 Å². The normalized spacial score (nSPS) is 12.3. The molecule has 0 radical (unpaired) electrons. The molecule has 2 aromatic rings. The molecule has 0 aliphatic rings. The fourth-order valence-corrected chi connectivity index (χ4v) is 4.10. The standard InChI is InChI=1S/C18H23ClN2O2S/c1-18(2,3)21-24(22,23)17-7-5-4-6-15(17)13-20-12-14-8-10-16(19)11-9-14/h4-11,20-21H,12-13H2,1-3H3.